The molecule has 7 nitrogen and oxygen atoms in total. The lowest BCUT2D eigenvalue weighted by Crippen LogP contribution is -2.15. The molecule has 1 aliphatic heterocycles. The minimum atomic E-state index is 0.552. The topological polar surface area (TPSA) is 87.8 Å². The Morgan fingerprint density at radius 2 is 2.44 bits per heavy atom. The van der Waals surface area contributed by atoms with Gasteiger partial charge in [-0.25, -0.2) is 4.98 Å². The number of hydrogen-bond donors (Lipinski definition) is 3. The summed E-state index contributed by atoms with van der Waals surface area (Å²) in [5.74, 6) is 1.91. The average Bonchev–Trinajstić information content (AvgIpc) is 3.06. The van der Waals surface area contributed by atoms with E-state index in [1.807, 2.05) is 0 Å². The highest BCUT2D eigenvalue weighted by molar-refractivity contribution is 5.83. The zero-order valence-corrected chi connectivity index (χ0v) is 10.2. The molecule has 0 aliphatic carbocycles. The number of aromatic nitrogens is 4. The first-order valence-electron chi connectivity index (χ1n) is 6.07. The van der Waals surface area contributed by atoms with Crippen molar-refractivity contribution in [3.8, 4) is 0 Å². The lowest BCUT2D eigenvalue weighted by atomic mass is 10.1. The summed E-state index contributed by atoms with van der Waals surface area (Å²) in [7, 11) is 1.79. The molecule has 0 radical (unpaired) electrons. The van der Waals surface area contributed by atoms with Gasteiger partial charge in [0.05, 0.1) is 12.9 Å². The van der Waals surface area contributed by atoms with Crippen LogP contribution in [0.5, 0.6) is 0 Å². The molecular weight excluding hydrogens is 232 g/mol. The molecule has 2 aromatic rings. The summed E-state index contributed by atoms with van der Waals surface area (Å²) >= 11 is 0. The number of imidazole rings is 1. The van der Waals surface area contributed by atoms with Crippen LogP contribution in [0.2, 0.25) is 0 Å². The van der Waals surface area contributed by atoms with Crippen molar-refractivity contribution in [3.63, 3.8) is 0 Å². The van der Waals surface area contributed by atoms with Gasteiger partial charge in [-0.05, 0) is 6.42 Å². The molecule has 0 amide bonds. The summed E-state index contributed by atoms with van der Waals surface area (Å²) in [6, 6.07) is 0. The van der Waals surface area contributed by atoms with Crippen molar-refractivity contribution in [2.45, 2.75) is 6.42 Å². The van der Waals surface area contributed by atoms with Crippen LogP contribution >= 0.6 is 0 Å². The fourth-order valence-corrected chi connectivity index (χ4v) is 2.06. The maximum atomic E-state index is 5.36. The molecule has 1 aliphatic rings. The smallest absolute Gasteiger partial charge is 0.226 e. The van der Waals surface area contributed by atoms with Gasteiger partial charge >= 0.3 is 0 Å². The molecule has 96 valence electrons. The highest BCUT2D eigenvalue weighted by atomic mass is 16.5. The predicted molar refractivity (Wildman–Crippen MR) is 68.6 cm³/mol. The molecule has 7 heteroatoms. The summed E-state index contributed by atoms with van der Waals surface area (Å²) in [6.45, 7) is 2.54. The summed E-state index contributed by atoms with van der Waals surface area (Å²) in [5, 5.41) is 6.28. The van der Waals surface area contributed by atoms with Gasteiger partial charge in [0.1, 0.15) is 5.52 Å². The van der Waals surface area contributed by atoms with Gasteiger partial charge in [0.2, 0.25) is 5.95 Å². The maximum Gasteiger partial charge on any atom is 0.226 e. The summed E-state index contributed by atoms with van der Waals surface area (Å²) in [4.78, 5) is 15.9. The van der Waals surface area contributed by atoms with Crippen molar-refractivity contribution in [2.75, 3.05) is 37.4 Å². The maximum absolute atomic E-state index is 5.36. The van der Waals surface area contributed by atoms with Crippen LogP contribution in [0, 0.1) is 5.92 Å². The Hall–Kier alpha value is -1.89. The summed E-state index contributed by atoms with van der Waals surface area (Å²) in [5.41, 5.74) is 1.51. The number of aromatic amines is 1. The van der Waals surface area contributed by atoms with Crippen LogP contribution in [0.4, 0.5) is 11.8 Å². The fraction of sp³-hybridized carbons (Fsp3) is 0.545. The van der Waals surface area contributed by atoms with Crippen LogP contribution in [0.3, 0.4) is 0 Å². The third-order valence-corrected chi connectivity index (χ3v) is 3.09. The van der Waals surface area contributed by atoms with Crippen molar-refractivity contribution >= 4 is 22.9 Å². The van der Waals surface area contributed by atoms with Crippen molar-refractivity contribution in [1.29, 1.82) is 0 Å². The third kappa shape index (κ3) is 2.08. The molecule has 3 rings (SSSR count). The Balaban J connectivity index is 1.82. The van der Waals surface area contributed by atoms with Gasteiger partial charge < -0.3 is 20.4 Å². The van der Waals surface area contributed by atoms with E-state index in [1.165, 1.54) is 0 Å². The molecule has 2 aromatic heterocycles. The quantitative estimate of drug-likeness (QED) is 0.743. The number of rotatable bonds is 4. The van der Waals surface area contributed by atoms with Crippen molar-refractivity contribution < 1.29 is 4.74 Å². The van der Waals surface area contributed by atoms with Crippen molar-refractivity contribution in [1.82, 2.24) is 19.9 Å². The molecule has 1 unspecified atom stereocenters. The van der Waals surface area contributed by atoms with Crippen LogP contribution in [0.15, 0.2) is 6.33 Å². The normalized spacial score (nSPS) is 19.3. The zero-order valence-electron chi connectivity index (χ0n) is 10.2. The number of nitrogens with one attached hydrogen (secondary N) is 3. The van der Waals surface area contributed by atoms with Gasteiger partial charge in [0.25, 0.3) is 0 Å². The van der Waals surface area contributed by atoms with E-state index >= 15 is 0 Å². The van der Waals surface area contributed by atoms with Gasteiger partial charge in [-0.15, -0.1) is 0 Å². The van der Waals surface area contributed by atoms with Crippen molar-refractivity contribution in [2.24, 2.45) is 5.92 Å². The number of fused-ring (bicyclic) bond motifs is 1. The zero-order chi connectivity index (χ0) is 12.4. The van der Waals surface area contributed by atoms with E-state index in [-0.39, 0.29) is 0 Å². The third-order valence-electron chi connectivity index (χ3n) is 3.09. The summed E-state index contributed by atoms with van der Waals surface area (Å²) < 4.78 is 5.36. The van der Waals surface area contributed by atoms with E-state index in [4.69, 9.17) is 4.74 Å². The lowest BCUT2D eigenvalue weighted by molar-refractivity contribution is 0.187. The first-order valence-corrected chi connectivity index (χ1v) is 6.07. The SMILES string of the molecule is CNc1nc(NCC2CCOC2)c2[nH]cnc2n1. The number of nitrogens with zero attached hydrogens (tertiary/aromatic N) is 3. The molecule has 0 bridgehead atoms. The second kappa shape index (κ2) is 4.77. The Kier molecular flexibility index (Phi) is 2.97. The van der Waals surface area contributed by atoms with E-state index in [1.54, 1.807) is 13.4 Å². The van der Waals surface area contributed by atoms with Gasteiger partial charge in [0.15, 0.2) is 11.5 Å². The first kappa shape index (κ1) is 11.2. The van der Waals surface area contributed by atoms with Gasteiger partial charge in [-0.1, -0.05) is 0 Å². The van der Waals surface area contributed by atoms with E-state index in [9.17, 15) is 0 Å². The molecule has 0 spiro atoms. The molecule has 3 N–H and O–H groups in total. The van der Waals surface area contributed by atoms with Crippen LogP contribution < -0.4 is 10.6 Å². The second-order valence-corrected chi connectivity index (χ2v) is 4.36. The molecule has 1 fully saturated rings. The largest absolute Gasteiger partial charge is 0.381 e. The second-order valence-electron chi connectivity index (χ2n) is 4.36. The average molecular weight is 248 g/mol. The van der Waals surface area contributed by atoms with Crippen LogP contribution in [0.25, 0.3) is 11.2 Å². The number of anilines is 2. The lowest BCUT2D eigenvalue weighted by Gasteiger charge is -2.11. The fourth-order valence-electron chi connectivity index (χ4n) is 2.06. The minimum absolute atomic E-state index is 0.552. The van der Waals surface area contributed by atoms with Gasteiger partial charge in [-0.2, -0.15) is 9.97 Å². The molecule has 18 heavy (non-hydrogen) atoms. The number of hydrogen-bond acceptors (Lipinski definition) is 6. The van der Waals surface area contributed by atoms with Gasteiger partial charge in [-0.3, -0.25) is 0 Å². The Bertz CT molecular complexity index is 533. The highest BCUT2D eigenvalue weighted by Gasteiger charge is 2.16. The predicted octanol–water partition coefficient (Wildman–Crippen LogP) is 0.843. The molecule has 1 atom stereocenters. The number of H-pyrrole nitrogens is 1. The van der Waals surface area contributed by atoms with Crippen molar-refractivity contribution in [3.05, 3.63) is 6.33 Å². The molecular formula is C11H16N6O. The number of ether oxygens (including phenoxy) is 1. The molecule has 1 saturated heterocycles. The Labute approximate surface area is 104 Å². The van der Waals surface area contributed by atoms with Crippen LogP contribution in [-0.4, -0.2) is 46.7 Å². The van der Waals surface area contributed by atoms with E-state index in [0.29, 0.717) is 17.5 Å². The molecule has 0 saturated carbocycles. The molecule has 3 heterocycles. The Morgan fingerprint density at radius 1 is 1.50 bits per heavy atom. The van der Waals surface area contributed by atoms with E-state index in [0.717, 1.165) is 37.5 Å². The van der Waals surface area contributed by atoms with Crippen LogP contribution in [0.1, 0.15) is 6.42 Å². The standard InChI is InChI=1S/C11H16N6O/c1-12-11-16-9(8-10(17-11)15-6-14-8)13-4-7-2-3-18-5-7/h6-7H,2-5H2,1H3,(H3,12,13,14,15,16,17). The van der Waals surface area contributed by atoms with Crippen LogP contribution in [-0.2, 0) is 4.74 Å². The molecule has 0 aromatic carbocycles. The van der Waals surface area contributed by atoms with E-state index in [2.05, 4.69) is 30.6 Å². The summed E-state index contributed by atoms with van der Waals surface area (Å²) in [6.07, 6.45) is 2.73. The minimum Gasteiger partial charge on any atom is -0.381 e. The Morgan fingerprint density at radius 3 is 3.22 bits per heavy atom. The van der Waals surface area contributed by atoms with E-state index < -0.39 is 0 Å². The monoisotopic (exact) mass is 248 g/mol. The highest BCUT2D eigenvalue weighted by Crippen LogP contribution is 2.20. The first-order chi connectivity index (χ1) is 8.86. The van der Waals surface area contributed by atoms with Gasteiger partial charge in [0, 0.05) is 26.1 Å².